The molecule has 3 nitrogen and oxygen atoms in total. The molecule has 0 aliphatic heterocycles. The van der Waals surface area contributed by atoms with Crippen molar-refractivity contribution in [3.8, 4) is 11.5 Å². The van der Waals surface area contributed by atoms with Gasteiger partial charge in [0.15, 0.2) is 11.5 Å². The molecule has 0 saturated heterocycles. The molecule has 0 bridgehead atoms. The van der Waals surface area contributed by atoms with Gasteiger partial charge < -0.3 is 15.2 Å². The van der Waals surface area contributed by atoms with Crippen molar-refractivity contribution in [3.63, 3.8) is 0 Å². The van der Waals surface area contributed by atoms with Gasteiger partial charge in [-0.2, -0.15) is 0 Å². The third-order valence-corrected chi connectivity index (χ3v) is 2.54. The molecule has 0 aliphatic rings. The molecule has 0 spiro atoms. The van der Waals surface area contributed by atoms with Crippen LogP contribution >= 0.6 is 23.2 Å². The molecule has 0 radical (unpaired) electrons. The van der Waals surface area contributed by atoms with Gasteiger partial charge in [-0.1, -0.05) is 29.3 Å². The lowest BCUT2D eigenvalue weighted by Crippen LogP contribution is -2.02. The van der Waals surface area contributed by atoms with Crippen LogP contribution < -0.4 is 15.2 Å². The van der Waals surface area contributed by atoms with Gasteiger partial charge in [0.1, 0.15) is 6.61 Å². The van der Waals surface area contributed by atoms with Crippen molar-refractivity contribution < 1.29 is 9.47 Å². The van der Waals surface area contributed by atoms with Gasteiger partial charge in [0.2, 0.25) is 0 Å². The maximum atomic E-state index is 5.72. The average Bonchev–Trinajstić information content (AvgIpc) is 2.35. The van der Waals surface area contributed by atoms with E-state index in [0.717, 1.165) is 5.56 Å². The van der Waals surface area contributed by atoms with Crippen LogP contribution in [0.4, 0.5) is 0 Å². The van der Waals surface area contributed by atoms with Crippen molar-refractivity contribution in [2.45, 2.75) is 6.54 Å². The third-order valence-electron chi connectivity index (χ3n) is 1.95. The molecule has 0 unspecified atom stereocenters. The number of hydrogen-bond acceptors (Lipinski definition) is 3. The molecule has 1 rings (SSSR count). The van der Waals surface area contributed by atoms with E-state index in [2.05, 4.69) is 0 Å². The van der Waals surface area contributed by atoms with E-state index in [0.29, 0.717) is 23.1 Å². The predicted molar refractivity (Wildman–Crippen MR) is 66.2 cm³/mol. The second kappa shape index (κ2) is 6.63. The van der Waals surface area contributed by atoms with Crippen LogP contribution in [-0.2, 0) is 6.54 Å². The van der Waals surface area contributed by atoms with Gasteiger partial charge >= 0.3 is 0 Å². The highest BCUT2D eigenvalue weighted by atomic mass is 35.5. The molecule has 2 N–H and O–H groups in total. The lowest BCUT2D eigenvalue weighted by atomic mass is 10.2. The molecule has 16 heavy (non-hydrogen) atoms. The molecular weight excluding hydrogens is 249 g/mol. The van der Waals surface area contributed by atoms with E-state index in [4.69, 9.17) is 38.4 Å². The number of hydrogen-bond donors (Lipinski definition) is 1. The van der Waals surface area contributed by atoms with Crippen molar-refractivity contribution in [1.29, 1.82) is 0 Å². The lowest BCUT2D eigenvalue weighted by molar-refractivity contribution is 0.323. The summed E-state index contributed by atoms with van der Waals surface area (Å²) in [5.41, 5.74) is 7.76. The molecule has 0 aliphatic carbocycles. The van der Waals surface area contributed by atoms with Crippen molar-refractivity contribution >= 4 is 23.2 Å². The summed E-state index contributed by atoms with van der Waals surface area (Å²) in [6, 6.07) is 5.50. The van der Waals surface area contributed by atoms with E-state index < -0.39 is 0 Å². The zero-order valence-electron chi connectivity index (χ0n) is 8.87. The third kappa shape index (κ3) is 3.59. The molecule has 0 heterocycles. The normalized spacial score (nSPS) is 11.4. The maximum Gasteiger partial charge on any atom is 0.162 e. The Kier molecular flexibility index (Phi) is 5.46. The van der Waals surface area contributed by atoms with Crippen molar-refractivity contribution in [2.75, 3.05) is 13.7 Å². The summed E-state index contributed by atoms with van der Waals surface area (Å²) in [5.74, 6) is 1.23. The highest BCUT2D eigenvalue weighted by Gasteiger charge is 2.05. The molecule has 0 atom stereocenters. The Labute approximate surface area is 105 Å². The number of ether oxygens (including phenoxy) is 2. The summed E-state index contributed by atoms with van der Waals surface area (Å²) in [6.45, 7) is 0.648. The van der Waals surface area contributed by atoms with E-state index in [1.165, 1.54) is 5.54 Å². The van der Waals surface area contributed by atoms with Crippen molar-refractivity contribution in [1.82, 2.24) is 0 Å². The highest BCUT2D eigenvalue weighted by Crippen LogP contribution is 2.28. The fourth-order valence-corrected chi connectivity index (χ4v) is 1.26. The Morgan fingerprint density at radius 2 is 2.19 bits per heavy atom. The van der Waals surface area contributed by atoms with Crippen LogP contribution in [-0.4, -0.2) is 13.7 Å². The van der Waals surface area contributed by atoms with Crippen molar-refractivity contribution in [2.24, 2.45) is 5.73 Å². The Hall–Kier alpha value is -0.900. The fraction of sp³-hybridized carbons (Fsp3) is 0.273. The minimum absolute atomic E-state index is 0.204. The molecule has 0 saturated carbocycles. The maximum absolute atomic E-state index is 5.72. The molecule has 0 amide bonds. The molecule has 88 valence electrons. The Morgan fingerprint density at radius 1 is 1.44 bits per heavy atom. The van der Waals surface area contributed by atoms with Crippen LogP contribution in [0, 0.1) is 0 Å². The smallest absolute Gasteiger partial charge is 0.162 e. The summed E-state index contributed by atoms with van der Waals surface area (Å²) in [5, 5.41) is 0.418. The molecule has 0 fully saturated rings. The second-order valence-electron chi connectivity index (χ2n) is 3.03. The van der Waals surface area contributed by atoms with Gasteiger partial charge in [-0.15, -0.1) is 0 Å². The summed E-state index contributed by atoms with van der Waals surface area (Å²) in [6.07, 6.45) is 0. The Bertz CT molecular complexity index is 380. The van der Waals surface area contributed by atoms with E-state index in [-0.39, 0.29) is 6.61 Å². The standard InChI is InChI=1S/C11H13Cl2NO2/c1-15-10-3-2-8(6-14)4-11(10)16-7-9(13)5-12/h2-5H,6-7,14H2,1H3. The Morgan fingerprint density at radius 3 is 2.75 bits per heavy atom. The van der Waals surface area contributed by atoms with Gasteiger partial charge in [0.25, 0.3) is 0 Å². The van der Waals surface area contributed by atoms with E-state index in [1.54, 1.807) is 13.2 Å². The summed E-state index contributed by atoms with van der Waals surface area (Å²) >= 11 is 11.1. The predicted octanol–water partition coefficient (Wildman–Crippen LogP) is 2.85. The fourth-order valence-electron chi connectivity index (χ4n) is 1.14. The van der Waals surface area contributed by atoms with E-state index in [1.807, 2.05) is 12.1 Å². The first-order chi connectivity index (χ1) is 7.71. The molecule has 1 aromatic rings. The zero-order chi connectivity index (χ0) is 12.0. The molecule has 0 aromatic heterocycles. The monoisotopic (exact) mass is 261 g/mol. The van der Waals surface area contributed by atoms with Gasteiger partial charge in [-0.05, 0) is 17.7 Å². The van der Waals surface area contributed by atoms with Crippen LogP contribution in [0.5, 0.6) is 11.5 Å². The Balaban J connectivity index is 2.83. The first-order valence-corrected chi connectivity index (χ1v) is 5.47. The quantitative estimate of drug-likeness (QED) is 0.887. The topological polar surface area (TPSA) is 44.5 Å². The average molecular weight is 262 g/mol. The SMILES string of the molecule is COc1ccc(CN)cc1OCC(Cl)=CCl. The van der Waals surface area contributed by atoms with Crippen LogP contribution in [0.2, 0.25) is 0 Å². The minimum atomic E-state index is 0.204. The summed E-state index contributed by atoms with van der Waals surface area (Å²) < 4.78 is 10.6. The largest absolute Gasteiger partial charge is 0.493 e. The van der Waals surface area contributed by atoms with Gasteiger partial charge in [0, 0.05) is 12.1 Å². The molecule has 5 heteroatoms. The zero-order valence-corrected chi connectivity index (χ0v) is 10.4. The van der Waals surface area contributed by atoms with E-state index in [9.17, 15) is 0 Å². The van der Waals surface area contributed by atoms with Crippen LogP contribution in [0.3, 0.4) is 0 Å². The van der Waals surface area contributed by atoms with Crippen LogP contribution in [0.15, 0.2) is 28.8 Å². The van der Waals surface area contributed by atoms with Gasteiger partial charge in [0.05, 0.1) is 12.1 Å². The number of halogens is 2. The first-order valence-electron chi connectivity index (χ1n) is 4.65. The summed E-state index contributed by atoms with van der Waals surface area (Å²) in [7, 11) is 1.57. The van der Waals surface area contributed by atoms with Crippen molar-refractivity contribution in [3.05, 3.63) is 34.3 Å². The highest BCUT2D eigenvalue weighted by molar-refractivity contribution is 6.36. The molecular formula is C11H13Cl2NO2. The first kappa shape index (κ1) is 13.2. The van der Waals surface area contributed by atoms with Gasteiger partial charge in [-0.3, -0.25) is 0 Å². The second-order valence-corrected chi connectivity index (χ2v) is 3.74. The van der Waals surface area contributed by atoms with E-state index >= 15 is 0 Å². The van der Waals surface area contributed by atoms with Crippen LogP contribution in [0.25, 0.3) is 0 Å². The summed E-state index contributed by atoms with van der Waals surface area (Å²) in [4.78, 5) is 0. The minimum Gasteiger partial charge on any atom is -0.493 e. The number of benzene rings is 1. The molecule has 1 aromatic carbocycles. The van der Waals surface area contributed by atoms with Crippen LogP contribution in [0.1, 0.15) is 5.56 Å². The van der Waals surface area contributed by atoms with Gasteiger partial charge in [-0.25, -0.2) is 0 Å². The number of nitrogens with two attached hydrogens (primary N) is 1. The number of rotatable bonds is 5. The number of methoxy groups -OCH3 is 1. The lowest BCUT2D eigenvalue weighted by Gasteiger charge is -2.11.